The SMILES string of the molecule is Cc1ccc(OCCNC(=O)c2cc(C)sc2C)cc1. The molecule has 20 heavy (non-hydrogen) atoms. The first-order valence-corrected chi connectivity index (χ1v) is 7.42. The maximum atomic E-state index is 12.0. The Bertz CT molecular complexity index is 587. The summed E-state index contributed by atoms with van der Waals surface area (Å²) in [6, 6.07) is 9.81. The summed E-state index contributed by atoms with van der Waals surface area (Å²) < 4.78 is 5.57. The van der Waals surface area contributed by atoms with Crippen LogP contribution in [-0.4, -0.2) is 19.1 Å². The van der Waals surface area contributed by atoms with Gasteiger partial charge in [-0.1, -0.05) is 17.7 Å². The number of hydrogen-bond donors (Lipinski definition) is 1. The zero-order chi connectivity index (χ0) is 14.5. The van der Waals surface area contributed by atoms with Gasteiger partial charge in [-0.3, -0.25) is 4.79 Å². The lowest BCUT2D eigenvalue weighted by Gasteiger charge is -2.07. The third-order valence-electron chi connectivity index (χ3n) is 2.96. The fourth-order valence-electron chi connectivity index (χ4n) is 1.92. The highest BCUT2D eigenvalue weighted by molar-refractivity contribution is 7.12. The third kappa shape index (κ3) is 3.84. The minimum absolute atomic E-state index is 0.0284. The van der Waals surface area contributed by atoms with Crippen LogP contribution in [0.5, 0.6) is 5.75 Å². The van der Waals surface area contributed by atoms with E-state index < -0.39 is 0 Å². The zero-order valence-electron chi connectivity index (χ0n) is 12.0. The van der Waals surface area contributed by atoms with E-state index in [-0.39, 0.29) is 5.91 Å². The molecule has 4 heteroatoms. The van der Waals surface area contributed by atoms with Gasteiger partial charge in [-0.2, -0.15) is 0 Å². The van der Waals surface area contributed by atoms with Gasteiger partial charge < -0.3 is 10.1 Å². The Hall–Kier alpha value is -1.81. The van der Waals surface area contributed by atoms with E-state index in [4.69, 9.17) is 4.74 Å². The van der Waals surface area contributed by atoms with Crippen LogP contribution >= 0.6 is 11.3 Å². The van der Waals surface area contributed by atoms with E-state index in [1.54, 1.807) is 11.3 Å². The van der Waals surface area contributed by atoms with Gasteiger partial charge in [0.25, 0.3) is 5.91 Å². The highest BCUT2D eigenvalue weighted by Crippen LogP contribution is 2.20. The van der Waals surface area contributed by atoms with E-state index in [1.807, 2.05) is 51.1 Å². The second-order valence-corrected chi connectivity index (χ2v) is 6.20. The predicted molar refractivity (Wildman–Crippen MR) is 82.8 cm³/mol. The number of carbonyl (C=O) groups excluding carboxylic acids is 1. The topological polar surface area (TPSA) is 38.3 Å². The maximum absolute atomic E-state index is 12.0. The molecule has 0 atom stereocenters. The Morgan fingerprint density at radius 1 is 1.20 bits per heavy atom. The molecule has 1 aromatic heterocycles. The average Bonchev–Trinajstić information content (AvgIpc) is 2.75. The van der Waals surface area contributed by atoms with E-state index in [0.29, 0.717) is 13.2 Å². The van der Waals surface area contributed by atoms with Crippen molar-refractivity contribution in [2.24, 2.45) is 0 Å². The van der Waals surface area contributed by atoms with Crippen LogP contribution in [0.25, 0.3) is 0 Å². The van der Waals surface area contributed by atoms with E-state index in [0.717, 1.165) is 21.1 Å². The lowest BCUT2D eigenvalue weighted by Crippen LogP contribution is -2.28. The third-order valence-corrected chi connectivity index (χ3v) is 3.93. The first-order chi connectivity index (χ1) is 9.56. The molecule has 3 nitrogen and oxygen atoms in total. The van der Waals surface area contributed by atoms with Crippen molar-refractivity contribution in [2.75, 3.05) is 13.2 Å². The van der Waals surface area contributed by atoms with Crippen LogP contribution in [0.1, 0.15) is 25.7 Å². The molecule has 0 saturated heterocycles. The zero-order valence-corrected chi connectivity index (χ0v) is 12.8. The Balaban J connectivity index is 1.77. The number of hydrogen-bond acceptors (Lipinski definition) is 3. The number of nitrogens with one attached hydrogen (secondary N) is 1. The summed E-state index contributed by atoms with van der Waals surface area (Å²) in [6.07, 6.45) is 0. The van der Waals surface area contributed by atoms with E-state index in [9.17, 15) is 4.79 Å². The van der Waals surface area contributed by atoms with Crippen molar-refractivity contribution in [1.29, 1.82) is 0 Å². The fraction of sp³-hybridized carbons (Fsp3) is 0.312. The molecule has 2 rings (SSSR count). The summed E-state index contributed by atoms with van der Waals surface area (Å²) in [5, 5.41) is 2.88. The number of rotatable bonds is 5. The van der Waals surface area contributed by atoms with Gasteiger partial charge in [-0.15, -0.1) is 11.3 Å². The monoisotopic (exact) mass is 289 g/mol. The summed E-state index contributed by atoms with van der Waals surface area (Å²) in [5.41, 5.74) is 1.97. The van der Waals surface area contributed by atoms with Crippen molar-refractivity contribution >= 4 is 17.2 Å². The van der Waals surface area contributed by atoms with Gasteiger partial charge in [0.15, 0.2) is 0 Å². The van der Waals surface area contributed by atoms with Crippen LogP contribution in [0.4, 0.5) is 0 Å². The molecule has 0 radical (unpaired) electrons. The molecule has 0 fully saturated rings. The van der Waals surface area contributed by atoms with Crippen LogP contribution in [-0.2, 0) is 0 Å². The van der Waals surface area contributed by atoms with Gasteiger partial charge in [-0.05, 0) is 39.0 Å². The van der Waals surface area contributed by atoms with Crippen molar-refractivity contribution in [3.63, 3.8) is 0 Å². The molecule has 1 amide bonds. The van der Waals surface area contributed by atoms with Crippen LogP contribution in [0.3, 0.4) is 0 Å². The van der Waals surface area contributed by atoms with Crippen molar-refractivity contribution in [1.82, 2.24) is 5.32 Å². The number of ether oxygens (including phenoxy) is 1. The Morgan fingerprint density at radius 3 is 2.50 bits per heavy atom. The largest absolute Gasteiger partial charge is 0.492 e. The van der Waals surface area contributed by atoms with Crippen molar-refractivity contribution < 1.29 is 9.53 Å². The maximum Gasteiger partial charge on any atom is 0.252 e. The molecule has 0 spiro atoms. The molecule has 0 aliphatic rings. The number of benzene rings is 1. The van der Waals surface area contributed by atoms with E-state index >= 15 is 0 Å². The molecule has 0 aliphatic carbocycles. The number of amides is 1. The normalized spacial score (nSPS) is 10.3. The smallest absolute Gasteiger partial charge is 0.252 e. The van der Waals surface area contributed by atoms with Gasteiger partial charge in [0.2, 0.25) is 0 Å². The average molecular weight is 289 g/mol. The molecule has 106 valence electrons. The standard InChI is InChI=1S/C16H19NO2S/c1-11-4-6-14(7-5-11)19-9-8-17-16(18)15-10-12(2)20-13(15)3/h4-7,10H,8-9H2,1-3H3,(H,17,18). The lowest BCUT2D eigenvalue weighted by molar-refractivity contribution is 0.0947. The summed E-state index contributed by atoms with van der Waals surface area (Å²) in [5.74, 6) is 0.798. The van der Waals surface area contributed by atoms with Crippen molar-refractivity contribution in [3.8, 4) is 5.75 Å². The van der Waals surface area contributed by atoms with E-state index in [1.165, 1.54) is 5.56 Å². The number of aryl methyl sites for hydroxylation is 3. The minimum atomic E-state index is -0.0284. The van der Waals surface area contributed by atoms with Crippen molar-refractivity contribution in [2.45, 2.75) is 20.8 Å². The molecule has 0 bridgehead atoms. The first kappa shape index (κ1) is 14.6. The predicted octanol–water partition coefficient (Wildman–Crippen LogP) is 3.48. The molecular weight excluding hydrogens is 270 g/mol. The molecule has 2 aromatic rings. The quantitative estimate of drug-likeness (QED) is 0.856. The number of carbonyl (C=O) groups is 1. The second-order valence-electron chi connectivity index (χ2n) is 4.74. The molecule has 1 heterocycles. The number of thiophene rings is 1. The van der Waals surface area contributed by atoms with Gasteiger partial charge in [0.1, 0.15) is 12.4 Å². The van der Waals surface area contributed by atoms with Gasteiger partial charge in [-0.25, -0.2) is 0 Å². The van der Waals surface area contributed by atoms with Crippen LogP contribution in [0.2, 0.25) is 0 Å². The Labute approximate surface area is 123 Å². The summed E-state index contributed by atoms with van der Waals surface area (Å²) in [7, 11) is 0. The van der Waals surface area contributed by atoms with Crippen LogP contribution < -0.4 is 10.1 Å². The summed E-state index contributed by atoms with van der Waals surface area (Å²) >= 11 is 1.64. The molecule has 1 aromatic carbocycles. The van der Waals surface area contributed by atoms with Crippen molar-refractivity contribution in [3.05, 3.63) is 51.2 Å². The fourth-order valence-corrected chi connectivity index (χ4v) is 2.84. The molecule has 0 aliphatic heterocycles. The highest BCUT2D eigenvalue weighted by atomic mass is 32.1. The van der Waals surface area contributed by atoms with Crippen LogP contribution in [0.15, 0.2) is 30.3 Å². The van der Waals surface area contributed by atoms with E-state index in [2.05, 4.69) is 5.32 Å². The summed E-state index contributed by atoms with van der Waals surface area (Å²) in [4.78, 5) is 14.2. The molecule has 1 N–H and O–H groups in total. The minimum Gasteiger partial charge on any atom is -0.492 e. The second kappa shape index (κ2) is 6.57. The van der Waals surface area contributed by atoms with Gasteiger partial charge in [0, 0.05) is 9.75 Å². The molecule has 0 unspecified atom stereocenters. The van der Waals surface area contributed by atoms with Crippen LogP contribution in [0, 0.1) is 20.8 Å². The Kier molecular flexibility index (Phi) is 4.79. The lowest BCUT2D eigenvalue weighted by atomic mass is 10.2. The Morgan fingerprint density at radius 2 is 1.90 bits per heavy atom. The summed E-state index contributed by atoms with van der Waals surface area (Å²) in [6.45, 7) is 6.98. The van der Waals surface area contributed by atoms with Gasteiger partial charge >= 0.3 is 0 Å². The molecule has 0 saturated carbocycles. The first-order valence-electron chi connectivity index (χ1n) is 6.61. The molecular formula is C16H19NO2S. The van der Waals surface area contributed by atoms with Gasteiger partial charge in [0.05, 0.1) is 12.1 Å². The highest BCUT2D eigenvalue weighted by Gasteiger charge is 2.10.